The lowest BCUT2D eigenvalue weighted by Crippen LogP contribution is -2.35. The summed E-state index contributed by atoms with van der Waals surface area (Å²) in [6.45, 7) is 4.24. The molecule has 0 spiro atoms. The fraction of sp³-hybridized carbons (Fsp3) is 0.600. The average Bonchev–Trinajstić information content (AvgIpc) is 2.40. The SMILES string of the molecule is COc1cccc(CN2CCCC(CCN)C2)c1. The standard InChI is InChI=1S/C15H24N2O/c1-18-15-6-2-4-14(10-15)12-17-9-3-5-13(11-17)7-8-16/h2,4,6,10,13H,3,5,7-9,11-12,16H2,1H3. The number of hydrogen-bond donors (Lipinski definition) is 1. The Morgan fingerprint density at radius 2 is 2.33 bits per heavy atom. The van der Waals surface area contributed by atoms with Crippen LogP contribution in [0.1, 0.15) is 24.8 Å². The Morgan fingerprint density at radius 3 is 3.11 bits per heavy atom. The van der Waals surface area contributed by atoms with E-state index in [1.807, 2.05) is 6.07 Å². The van der Waals surface area contributed by atoms with E-state index in [9.17, 15) is 0 Å². The molecule has 3 heteroatoms. The van der Waals surface area contributed by atoms with Gasteiger partial charge in [-0.1, -0.05) is 12.1 Å². The van der Waals surface area contributed by atoms with Crippen molar-refractivity contribution in [3.8, 4) is 5.75 Å². The molecule has 100 valence electrons. The van der Waals surface area contributed by atoms with Crippen LogP contribution in [-0.4, -0.2) is 31.6 Å². The smallest absolute Gasteiger partial charge is 0.119 e. The number of likely N-dealkylation sites (tertiary alicyclic amines) is 1. The van der Waals surface area contributed by atoms with Crippen LogP contribution in [0.3, 0.4) is 0 Å². The van der Waals surface area contributed by atoms with Crippen LogP contribution in [0.4, 0.5) is 0 Å². The van der Waals surface area contributed by atoms with Crippen molar-refractivity contribution < 1.29 is 4.74 Å². The molecular formula is C15H24N2O. The van der Waals surface area contributed by atoms with Crippen LogP contribution in [0.2, 0.25) is 0 Å². The molecule has 0 bridgehead atoms. The minimum absolute atomic E-state index is 0.786. The first kappa shape index (κ1) is 13.4. The molecule has 1 aliphatic heterocycles. The molecule has 1 fully saturated rings. The maximum Gasteiger partial charge on any atom is 0.119 e. The maximum absolute atomic E-state index is 5.66. The summed E-state index contributed by atoms with van der Waals surface area (Å²) in [6, 6.07) is 8.37. The van der Waals surface area contributed by atoms with Crippen LogP contribution in [0.25, 0.3) is 0 Å². The summed E-state index contributed by atoms with van der Waals surface area (Å²) in [6.07, 6.45) is 3.80. The first-order valence-corrected chi connectivity index (χ1v) is 6.87. The largest absolute Gasteiger partial charge is 0.497 e. The summed E-state index contributed by atoms with van der Waals surface area (Å²) in [4.78, 5) is 2.54. The first-order valence-electron chi connectivity index (χ1n) is 6.87. The summed E-state index contributed by atoms with van der Waals surface area (Å²) < 4.78 is 5.27. The molecule has 0 aromatic heterocycles. The maximum atomic E-state index is 5.66. The van der Waals surface area contributed by atoms with Gasteiger partial charge in [-0.25, -0.2) is 0 Å². The molecule has 0 radical (unpaired) electrons. The molecule has 1 atom stereocenters. The van der Waals surface area contributed by atoms with Crippen LogP contribution in [-0.2, 0) is 6.54 Å². The number of rotatable bonds is 5. The van der Waals surface area contributed by atoms with Crippen molar-refractivity contribution in [2.24, 2.45) is 11.7 Å². The molecule has 3 nitrogen and oxygen atoms in total. The van der Waals surface area contributed by atoms with Gasteiger partial charge in [0.2, 0.25) is 0 Å². The molecule has 0 aliphatic carbocycles. The van der Waals surface area contributed by atoms with Crippen LogP contribution in [0, 0.1) is 5.92 Å². The Kier molecular flexibility index (Phi) is 5.02. The molecule has 1 saturated heterocycles. The highest BCUT2D eigenvalue weighted by atomic mass is 16.5. The zero-order valence-electron chi connectivity index (χ0n) is 11.3. The van der Waals surface area contributed by atoms with Crippen LogP contribution in [0.5, 0.6) is 5.75 Å². The fourth-order valence-corrected chi connectivity index (χ4v) is 2.80. The van der Waals surface area contributed by atoms with E-state index in [-0.39, 0.29) is 0 Å². The molecule has 18 heavy (non-hydrogen) atoms. The third kappa shape index (κ3) is 3.72. The van der Waals surface area contributed by atoms with Crippen LogP contribution in [0.15, 0.2) is 24.3 Å². The predicted molar refractivity (Wildman–Crippen MR) is 74.7 cm³/mol. The number of nitrogens with two attached hydrogens (primary N) is 1. The Morgan fingerprint density at radius 1 is 1.44 bits per heavy atom. The lowest BCUT2D eigenvalue weighted by atomic mass is 9.94. The number of nitrogens with zero attached hydrogens (tertiary/aromatic N) is 1. The van der Waals surface area contributed by atoms with E-state index in [0.29, 0.717) is 0 Å². The van der Waals surface area contributed by atoms with Gasteiger partial charge in [-0.2, -0.15) is 0 Å². The van der Waals surface area contributed by atoms with Gasteiger partial charge >= 0.3 is 0 Å². The second-order valence-electron chi connectivity index (χ2n) is 5.17. The van der Waals surface area contributed by atoms with Gasteiger partial charge in [-0.15, -0.1) is 0 Å². The quantitative estimate of drug-likeness (QED) is 0.868. The van der Waals surface area contributed by atoms with Crippen molar-refractivity contribution >= 4 is 0 Å². The Bertz CT molecular complexity index is 365. The molecular weight excluding hydrogens is 224 g/mol. The van der Waals surface area contributed by atoms with Gasteiger partial charge in [0.1, 0.15) is 5.75 Å². The van der Waals surface area contributed by atoms with Crippen molar-refractivity contribution in [2.45, 2.75) is 25.8 Å². The molecule has 1 heterocycles. The third-order valence-corrected chi connectivity index (χ3v) is 3.72. The molecule has 1 aromatic rings. The number of benzene rings is 1. The van der Waals surface area contributed by atoms with Gasteiger partial charge in [-0.05, 0) is 56.0 Å². The van der Waals surface area contributed by atoms with E-state index >= 15 is 0 Å². The number of piperidine rings is 1. The monoisotopic (exact) mass is 248 g/mol. The second-order valence-corrected chi connectivity index (χ2v) is 5.17. The van der Waals surface area contributed by atoms with Gasteiger partial charge in [0, 0.05) is 13.1 Å². The third-order valence-electron chi connectivity index (χ3n) is 3.72. The highest BCUT2D eigenvalue weighted by molar-refractivity contribution is 5.28. The topological polar surface area (TPSA) is 38.5 Å². The van der Waals surface area contributed by atoms with Crippen LogP contribution >= 0.6 is 0 Å². The molecule has 0 amide bonds. The highest BCUT2D eigenvalue weighted by Gasteiger charge is 2.19. The molecule has 2 rings (SSSR count). The number of ether oxygens (including phenoxy) is 1. The molecule has 0 saturated carbocycles. The predicted octanol–water partition coefficient (Wildman–Crippen LogP) is 2.26. The average molecular weight is 248 g/mol. The lowest BCUT2D eigenvalue weighted by molar-refractivity contribution is 0.163. The zero-order valence-corrected chi connectivity index (χ0v) is 11.3. The summed E-state index contributed by atoms with van der Waals surface area (Å²) in [5, 5.41) is 0. The van der Waals surface area contributed by atoms with Gasteiger partial charge in [0.05, 0.1) is 7.11 Å². The number of hydrogen-bond acceptors (Lipinski definition) is 3. The molecule has 1 aliphatic rings. The Balaban J connectivity index is 1.91. The Hall–Kier alpha value is -1.06. The van der Waals surface area contributed by atoms with Crippen molar-refractivity contribution in [3.63, 3.8) is 0 Å². The molecule has 1 aromatic carbocycles. The summed E-state index contributed by atoms with van der Waals surface area (Å²) in [5.74, 6) is 1.73. The normalized spacial score (nSPS) is 20.9. The van der Waals surface area contributed by atoms with Crippen molar-refractivity contribution in [2.75, 3.05) is 26.7 Å². The van der Waals surface area contributed by atoms with E-state index < -0.39 is 0 Å². The minimum Gasteiger partial charge on any atom is -0.497 e. The first-order chi connectivity index (χ1) is 8.81. The van der Waals surface area contributed by atoms with Crippen molar-refractivity contribution in [3.05, 3.63) is 29.8 Å². The Labute approximate surface area is 110 Å². The van der Waals surface area contributed by atoms with E-state index in [2.05, 4.69) is 23.1 Å². The number of methoxy groups -OCH3 is 1. The zero-order chi connectivity index (χ0) is 12.8. The van der Waals surface area contributed by atoms with Crippen LogP contribution < -0.4 is 10.5 Å². The summed E-state index contributed by atoms with van der Waals surface area (Å²) in [7, 11) is 1.72. The highest BCUT2D eigenvalue weighted by Crippen LogP contribution is 2.21. The van der Waals surface area contributed by atoms with Gasteiger partial charge in [0.25, 0.3) is 0 Å². The van der Waals surface area contributed by atoms with Gasteiger partial charge in [0.15, 0.2) is 0 Å². The van der Waals surface area contributed by atoms with E-state index in [1.54, 1.807) is 7.11 Å². The van der Waals surface area contributed by atoms with Gasteiger partial charge in [-0.3, -0.25) is 4.90 Å². The van der Waals surface area contributed by atoms with Gasteiger partial charge < -0.3 is 10.5 Å². The van der Waals surface area contributed by atoms with E-state index in [4.69, 9.17) is 10.5 Å². The molecule has 1 unspecified atom stereocenters. The van der Waals surface area contributed by atoms with Crippen molar-refractivity contribution in [1.82, 2.24) is 4.90 Å². The van der Waals surface area contributed by atoms with E-state index in [0.717, 1.165) is 31.2 Å². The lowest BCUT2D eigenvalue weighted by Gasteiger charge is -2.32. The summed E-state index contributed by atoms with van der Waals surface area (Å²) >= 11 is 0. The summed E-state index contributed by atoms with van der Waals surface area (Å²) in [5.41, 5.74) is 7.00. The fourth-order valence-electron chi connectivity index (χ4n) is 2.80. The second kappa shape index (κ2) is 6.76. The van der Waals surface area contributed by atoms with Crippen molar-refractivity contribution in [1.29, 1.82) is 0 Å². The van der Waals surface area contributed by atoms with E-state index in [1.165, 1.54) is 31.5 Å². The minimum atomic E-state index is 0.786. The molecule has 2 N–H and O–H groups in total.